The third kappa shape index (κ3) is 5.31. The van der Waals surface area contributed by atoms with E-state index in [4.69, 9.17) is 9.47 Å². The van der Waals surface area contributed by atoms with Crippen LogP contribution in [0.1, 0.15) is 28.8 Å². The van der Waals surface area contributed by atoms with Crippen molar-refractivity contribution in [1.82, 2.24) is 5.32 Å². The van der Waals surface area contributed by atoms with Crippen molar-refractivity contribution < 1.29 is 19.1 Å². The fourth-order valence-electron chi connectivity index (χ4n) is 3.02. The predicted molar refractivity (Wildman–Crippen MR) is 103 cm³/mol. The minimum absolute atomic E-state index is 0.0748. The third-order valence-corrected chi connectivity index (χ3v) is 4.48. The van der Waals surface area contributed by atoms with Crippen molar-refractivity contribution in [3.63, 3.8) is 0 Å². The first-order valence-corrected chi connectivity index (χ1v) is 9.07. The van der Waals surface area contributed by atoms with Crippen LogP contribution in [0, 0.1) is 0 Å². The molecule has 3 rings (SSSR count). The van der Waals surface area contributed by atoms with Crippen LogP contribution < -0.4 is 15.4 Å². The van der Waals surface area contributed by atoms with Gasteiger partial charge in [-0.05, 0) is 42.7 Å². The topological polar surface area (TPSA) is 76.7 Å². The molecule has 0 bridgehead atoms. The zero-order chi connectivity index (χ0) is 19.1. The van der Waals surface area contributed by atoms with Gasteiger partial charge in [-0.1, -0.05) is 24.3 Å². The van der Waals surface area contributed by atoms with Gasteiger partial charge in [0.1, 0.15) is 5.75 Å². The Morgan fingerprint density at radius 3 is 2.63 bits per heavy atom. The molecule has 0 spiro atoms. The fourth-order valence-corrected chi connectivity index (χ4v) is 3.02. The summed E-state index contributed by atoms with van der Waals surface area (Å²) in [4.78, 5) is 24.9. The van der Waals surface area contributed by atoms with Crippen molar-refractivity contribution in [2.45, 2.75) is 25.4 Å². The molecule has 2 aromatic carbocycles. The molecule has 0 saturated carbocycles. The van der Waals surface area contributed by atoms with Crippen LogP contribution in [0.2, 0.25) is 0 Å². The molecule has 2 N–H and O–H groups in total. The summed E-state index contributed by atoms with van der Waals surface area (Å²) in [6.45, 7) is 1.23. The number of nitrogens with one attached hydrogen (secondary N) is 2. The number of hydrogen-bond donors (Lipinski definition) is 2. The number of ether oxygens (including phenoxy) is 2. The van der Waals surface area contributed by atoms with Crippen LogP contribution in [0.25, 0.3) is 0 Å². The molecule has 142 valence electrons. The van der Waals surface area contributed by atoms with Gasteiger partial charge in [0.25, 0.3) is 5.91 Å². The highest BCUT2D eigenvalue weighted by Gasteiger charge is 2.18. The van der Waals surface area contributed by atoms with Crippen molar-refractivity contribution in [2.75, 3.05) is 25.6 Å². The summed E-state index contributed by atoms with van der Waals surface area (Å²) < 4.78 is 10.6. The molecule has 0 aliphatic carbocycles. The zero-order valence-corrected chi connectivity index (χ0v) is 15.4. The highest BCUT2D eigenvalue weighted by Crippen LogP contribution is 2.17. The number of rotatable bonds is 7. The van der Waals surface area contributed by atoms with Crippen molar-refractivity contribution in [3.05, 3.63) is 59.7 Å². The number of carbonyl (C=O) groups is 2. The van der Waals surface area contributed by atoms with Crippen LogP contribution in [0.3, 0.4) is 0 Å². The standard InChI is InChI=1S/C21H24N2O4/c1-26-16-10-8-15(9-11-16)13-20(24)23-19-7-3-2-6-18(19)21(25)22-14-17-5-4-12-27-17/h2-3,6-11,17H,4-5,12-14H2,1H3,(H,22,25)(H,23,24). The second kappa shape index (κ2) is 9.19. The van der Waals surface area contributed by atoms with Crippen LogP contribution in [-0.4, -0.2) is 38.2 Å². The van der Waals surface area contributed by atoms with Gasteiger partial charge >= 0.3 is 0 Å². The van der Waals surface area contributed by atoms with E-state index >= 15 is 0 Å². The maximum atomic E-state index is 12.5. The van der Waals surface area contributed by atoms with E-state index in [1.807, 2.05) is 24.3 Å². The van der Waals surface area contributed by atoms with Gasteiger partial charge in [-0.2, -0.15) is 0 Å². The molecule has 1 unspecified atom stereocenters. The van der Waals surface area contributed by atoms with E-state index in [2.05, 4.69) is 10.6 Å². The van der Waals surface area contributed by atoms with Gasteiger partial charge < -0.3 is 20.1 Å². The summed E-state index contributed by atoms with van der Waals surface area (Å²) in [7, 11) is 1.60. The highest BCUT2D eigenvalue weighted by molar-refractivity contribution is 6.04. The highest BCUT2D eigenvalue weighted by atomic mass is 16.5. The first kappa shape index (κ1) is 18.9. The lowest BCUT2D eigenvalue weighted by Crippen LogP contribution is -2.32. The van der Waals surface area contributed by atoms with E-state index in [9.17, 15) is 9.59 Å². The van der Waals surface area contributed by atoms with Gasteiger partial charge in [-0.25, -0.2) is 0 Å². The molecule has 0 aromatic heterocycles. The molecule has 1 fully saturated rings. The van der Waals surface area contributed by atoms with Crippen LogP contribution in [0.5, 0.6) is 5.75 Å². The molecule has 27 heavy (non-hydrogen) atoms. The van der Waals surface area contributed by atoms with Crippen molar-refractivity contribution in [2.24, 2.45) is 0 Å². The number of methoxy groups -OCH3 is 1. The van der Waals surface area contributed by atoms with Crippen molar-refractivity contribution >= 4 is 17.5 Å². The van der Waals surface area contributed by atoms with Gasteiger partial charge in [0, 0.05) is 13.2 Å². The van der Waals surface area contributed by atoms with Crippen LogP contribution in [0.4, 0.5) is 5.69 Å². The maximum absolute atomic E-state index is 12.5. The number of anilines is 1. The summed E-state index contributed by atoms with van der Waals surface area (Å²) in [6, 6.07) is 14.3. The summed E-state index contributed by atoms with van der Waals surface area (Å²) in [5, 5.41) is 5.72. The monoisotopic (exact) mass is 368 g/mol. The van der Waals surface area contributed by atoms with E-state index in [1.54, 1.807) is 31.4 Å². The lowest BCUT2D eigenvalue weighted by Gasteiger charge is -2.14. The van der Waals surface area contributed by atoms with E-state index in [0.29, 0.717) is 17.8 Å². The molecule has 1 saturated heterocycles. The first-order valence-electron chi connectivity index (χ1n) is 9.07. The minimum atomic E-state index is -0.217. The van der Waals surface area contributed by atoms with Gasteiger partial charge in [0.2, 0.25) is 5.91 Å². The zero-order valence-electron chi connectivity index (χ0n) is 15.4. The minimum Gasteiger partial charge on any atom is -0.497 e. The molecule has 1 aliphatic heterocycles. The second-order valence-electron chi connectivity index (χ2n) is 6.46. The van der Waals surface area contributed by atoms with E-state index in [1.165, 1.54) is 0 Å². The van der Waals surface area contributed by atoms with Crippen molar-refractivity contribution in [3.8, 4) is 5.75 Å². The predicted octanol–water partition coefficient (Wildman–Crippen LogP) is 2.79. The molecular weight excluding hydrogens is 344 g/mol. The van der Waals surface area contributed by atoms with E-state index < -0.39 is 0 Å². The third-order valence-electron chi connectivity index (χ3n) is 4.48. The molecule has 1 heterocycles. The van der Waals surface area contributed by atoms with Gasteiger partial charge in [-0.3, -0.25) is 9.59 Å². The molecule has 0 radical (unpaired) electrons. The average molecular weight is 368 g/mol. The first-order chi connectivity index (χ1) is 13.2. The molecular formula is C21H24N2O4. The Labute approximate surface area is 158 Å². The molecule has 1 atom stereocenters. The second-order valence-corrected chi connectivity index (χ2v) is 6.46. The largest absolute Gasteiger partial charge is 0.497 e. The quantitative estimate of drug-likeness (QED) is 0.788. The Hall–Kier alpha value is -2.86. The molecule has 6 nitrogen and oxygen atoms in total. The Morgan fingerprint density at radius 1 is 1.15 bits per heavy atom. The smallest absolute Gasteiger partial charge is 0.253 e. The number of para-hydroxylation sites is 1. The SMILES string of the molecule is COc1ccc(CC(=O)Nc2ccccc2C(=O)NCC2CCCO2)cc1. The van der Waals surface area contributed by atoms with Gasteiger partial charge in [-0.15, -0.1) is 0 Å². The average Bonchev–Trinajstić information content (AvgIpc) is 3.21. The van der Waals surface area contributed by atoms with E-state index in [-0.39, 0.29) is 24.3 Å². The van der Waals surface area contributed by atoms with Gasteiger partial charge in [0.05, 0.1) is 30.9 Å². The number of carbonyl (C=O) groups excluding carboxylic acids is 2. The van der Waals surface area contributed by atoms with Crippen LogP contribution in [0.15, 0.2) is 48.5 Å². The Kier molecular flexibility index (Phi) is 6.44. The Bertz CT molecular complexity index is 783. The molecule has 2 aromatic rings. The van der Waals surface area contributed by atoms with E-state index in [0.717, 1.165) is 30.8 Å². The van der Waals surface area contributed by atoms with Crippen LogP contribution >= 0.6 is 0 Å². The summed E-state index contributed by atoms with van der Waals surface area (Å²) in [5.41, 5.74) is 1.81. The van der Waals surface area contributed by atoms with Crippen LogP contribution in [-0.2, 0) is 16.0 Å². The maximum Gasteiger partial charge on any atom is 0.253 e. The fraction of sp³-hybridized carbons (Fsp3) is 0.333. The van der Waals surface area contributed by atoms with Gasteiger partial charge in [0.15, 0.2) is 0 Å². The lowest BCUT2D eigenvalue weighted by atomic mass is 10.1. The number of amides is 2. The number of hydrogen-bond acceptors (Lipinski definition) is 4. The molecule has 1 aliphatic rings. The number of benzene rings is 2. The van der Waals surface area contributed by atoms with Crippen molar-refractivity contribution in [1.29, 1.82) is 0 Å². The Balaban J connectivity index is 1.60. The normalized spacial score (nSPS) is 16.0. The Morgan fingerprint density at radius 2 is 1.93 bits per heavy atom. The summed E-state index contributed by atoms with van der Waals surface area (Å²) >= 11 is 0. The summed E-state index contributed by atoms with van der Waals surface area (Å²) in [5.74, 6) is 0.345. The lowest BCUT2D eigenvalue weighted by molar-refractivity contribution is -0.115. The summed E-state index contributed by atoms with van der Waals surface area (Å²) in [6.07, 6.45) is 2.28. The molecule has 2 amide bonds. The molecule has 6 heteroatoms.